The summed E-state index contributed by atoms with van der Waals surface area (Å²) in [5.41, 5.74) is 0. The Morgan fingerprint density at radius 3 is 2.93 bits per heavy atom. The molecule has 1 rings (SSSR count). The predicted molar refractivity (Wildman–Crippen MR) is 62.6 cm³/mol. The van der Waals surface area contributed by atoms with Gasteiger partial charge in [0, 0.05) is 12.6 Å². The van der Waals surface area contributed by atoms with E-state index in [0.29, 0.717) is 6.04 Å². The third kappa shape index (κ3) is 4.43. The van der Waals surface area contributed by atoms with Crippen molar-refractivity contribution in [2.24, 2.45) is 5.92 Å². The Bertz CT molecular complexity index is 147. The first-order valence-electron chi connectivity index (χ1n) is 6.08. The molecule has 2 heteroatoms. The molecule has 1 fully saturated rings. The Kier molecular flexibility index (Phi) is 5.49. The second-order valence-corrected chi connectivity index (χ2v) is 4.89. The summed E-state index contributed by atoms with van der Waals surface area (Å²) < 4.78 is 0. The molecule has 0 aliphatic carbocycles. The van der Waals surface area contributed by atoms with Crippen LogP contribution in [0.15, 0.2) is 0 Å². The van der Waals surface area contributed by atoms with Crippen LogP contribution < -0.4 is 5.32 Å². The Labute approximate surface area is 89.1 Å². The lowest BCUT2D eigenvalue weighted by Crippen LogP contribution is -2.26. The second-order valence-electron chi connectivity index (χ2n) is 4.89. The van der Waals surface area contributed by atoms with Crippen molar-refractivity contribution in [3.05, 3.63) is 0 Å². The highest BCUT2D eigenvalue weighted by Crippen LogP contribution is 2.20. The molecule has 1 heterocycles. The molecule has 0 saturated carbocycles. The number of hydrogen-bond acceptors (Lipinski definition) is 2. The predicted octanol–water partition coefficient (Wildman–Crippen LogP) is 2.11. The molecule has 1 saturated heterocycles. The Morgan fingerprint density at radius 1 is 1.43 bits per heavy atom. The highest BCUT2D eigenvalue weighted by atomic mass is 15.1. The number of hydrogen-bond donors (Lipinski definition) is 1. The fourth-order valence-corrected chi connectivity index (χ4v) is 2.30. The van der Waals surface area contributed by atoms with Gasteiger partial charge in [0.05, 0.1) is 0 Å². The number of likely N-dealkylation sites (tertiary alicyclic amines) is 1. The van der Waals surface area contributed by atoms with E-state index in [0.717, 1.165) is 5.92 Å². The van der Waals surface area contributed by atoms with Gasteiger partial charge in [-0.15, -0.1) is 0 Å². The summed E-state index contributed by atoms with van der Waals surface area (Å²) in [6.45, 7) is 4.90. The quantitative estimate of drug-likeness (QED) is 0.744. The monoisotopic (exact) mass is 198 g/mol. The van der Waals surface area contributed by atoms with E-state index in [4.69, 9.17) is 0 Å². The summed E-state index contributed by atoms with van der Waals surface area (Å²) in [5.74, 6) is 0.943. The van der Waals surface area contributed by atoms with Crippen molar-refractivity contribution >= 4 is 0 Å². The topological polar surface area (TPSA) is 15.3 Å². The third-order valence-corrected chi connectivity index (χ3v) is 3.47. The summed E-state index contributed by atoms with van der Waals surface area (Å²) in [6.07, 6.45) is 7.00. The highest BCUT2D eigenvalue weighted by molar-refractivity contribution is 4.71. The molecule has 84 valence electrons. The first-order valence-corrected chi connectivity index (χ1v) is 6.08. The molecule has 0 spiro atoms. The molecule has 1 N–H and O–H groups in total. The van der Waals surface area contributed by atoms with Gasteiger partial charge in [-0.05, 0) is 59.2 Å². The Hall–Kier alpha value is -0.0800. The van der Waals surface area contributed by atoms with Gasteiger partial charge in [0.1, 0.15) is 0 Å². The molecule has 0 aromatic heterocycles. The van der Waals surface area contributed by atoms with Gasteiger partial charge in [0.15, 0.2) is 0 Å². The van der Waals surface area contributed by atoms with Crippen LogP contribution in [0.4, 0.5) is 0 Å². The molecular formula is C12H26N2. The zero-order chi connectivity index (χ0) is 10.4. The van der Waals surface area contributed by atoms with Crippen molar-refractivity contribution < 1.29 is 0 Å². The van der Waals surface area contributed by atoms with Gasteiger partial charge < -0.3 is 10.2 Å². The summed E-state index contributed by atoms with van der Waals surface area (Å²) >= 11 is 0. The average Bonchev–Trinajstić information content (AvgIpc) is 2.39. The van der Waals surface area contributed by atoms with Crippen molar-refractivity contribution in [2.45, 2.75) is 45.1 Å². The zero-order valence-corrected chi connectivity index (χ0v) is 10.1. The fourth-order valence-electron chi connectivity index (χ4n) is 2.30. The molecule has 1 aliphatic heterocycles. The Balaban J connectivity index is 2.21. The van der Waals surface area contributed by atoms with Crippen LogP contribution in [0.3, 0.4) is 0 Å². The van der Waals surface area contributed by atoms with Gasteiger partial charge in [-0.2, -0.15) is 0 Å². The standard InChI is InChI=1S/C12H26N2/c1-11(13-2)7-8-12-6-4-5-9-14(3)10-12/h11-13H,4-10H2,1-3H3. The minimum absolute atomic E-state index is 0.684. The first kappa shape index (κ1) is 12.0. The molecule has 0 aromatic carbocycles. The van der Waals surface area contributed by atoms with Crippen molar-refractivity contribution in [1.29, 1.82) is 0 Å². The molecule has 1 aliphatic rings. The van der Waals surface area contributed by atoms with E-state index in [1.807, 2.05) is 0 Å². The average molecular weight is 198 g/mol. The van der Waals surface area contributed by atoms with Crippen LogP contribution in [0.1, 0.15) is 39.0 Å². The van der Waals surface area contributed by atoms with Crippen LogP contribution >= 0.6 is 0 Å². The number of nitrogens with one attached hydrogen (secondary N) is 1. The molecule has 0 aromatic rings. The molecule has 2 atom stereocenters. The summed E-state index contributed by atoms with van der Waals surface area (Å²) in [7, 11) is 4.32. The van der Waals surface area contributed by atoms with E-state index in [1.54, 1.807) is 0 Å². The van der Waals surface area contributed by atoms with Gasteiger partial charge in [0.25, 0.3) is 0 Å². The van der Waals surface area contributed by atoms with E-state index in [2.05, 4.69) is 31.2 Å². The maximum atomic E-state index is 3.32. The molecule has 0 amide bonds. The molecule has 14 heavy (non-hydrogen) atoms. The van der Waals surface area contributed by atoms with Crippen molar-refractivity contribution in [3.8, 4) is 0 Å². The van der Waals surface area contributed by atoms with Crippen molar-refractivity contribution in [2.75, 3.05) is 27.2 Å². The lowest BCUT2D eigenvalue weighted by atomic mass is 9.96. The molecule has 0 radical (unpaired) electrons. The lowest BCUT2D eigenvalue weighted by molar-refractivity contribution is 0.281. The smallest absolute Gasteiger partial charge is 0.00358 e. The van der Waals surface area contributed by atoms with E-state index in [-0.39, 0.29) is 0 Å². The maximum absolute atomic E-state index is 3.32. The zero-order valence-electron chi connectivity index (χ0n) is 10.1. The van der Waals surface area contributed by atoms with Crippen LogP contribution in [0, 0.1) is 5.92 Å². The first-order chi connectivity index (χ1) is 6.72. The van der Waals surface area contributed by atoms with E-state index >= 15 is 0 Å². The van der Waals surface area contributed by atoms with Crippen LogP contribution in [-0.2, 0) is 0 Å². The lowest BCUT2D eigenvalue weighted by Gasteiger charge is -2.21. The molecule has 2 unspecified atom stereocenters. The highest BCUT2D eigenvalue weighted by Gasteiger charge is 2.15. The van der Waals surface area contributed by atoms with Gasteiger partial charge >= 0.3 is 0 Å². The largest absolute Gasteiger partial charge is 0.317 e. The molecule has 0 bridgehead atoms. The Morgan fingerprint density at radius 2 is 2.21 bits per heavy atom. The van der Waals surface area contributed by atoms with Crippen LogP contribution in [0.2, 0.25) is 0 Å². The van der Waals surface area contributed by atoms with E-state index in [1.165, 1.54) is 45.2 Å². The van der Waals surface area contributed by atoms with Crippen LogP contribution in [-0.4, -0.2) is 38.1 Å². The number of nitrogens with zero attached hydrogens (tertiary/aromatic N) is 1. The molecule has 2 nitrogen and oxygen atoms in total. The normalized spacial score (nSPS) is 27.2. The van der Waals surface area contributed by atoms with Gasteiger partial charge in [-0.1, -0.05) is 6.42 Å². The minimum Gasteiger partial charge on any atom is -0.317 e. The molecular weight excluding hydrogens is 172 g/mol. The second kappa shape index (κ2) is 6.41. The van der Waals surface area contributed by atoms with E-state index in [9.17, 15) is 0 Å². The van der Waals surface area contributed by atoms with Crippen molar-refractivity contribution in [1.82, 2.24) is 10.2 Å². The van der Waals surface area contributed by atoms with Gasteiger partial charge in [-0.25, -0.2) is 0 Å². The third-order valence-electron chi connectivity index (χ3n) is 3.47. The minimum atomic E-state index is 0.684. The van der Waals surface area contributed by atoms with E-state index < -0.39 is 0 Å². The van der Waals surface area contributed by atoms with Crippen LogP contribution in [0.5, 0.6) is 0 Å². The number of rotatable bonds is 4. The van der Waals surface area contributed by atoms with Gasteiger partial charge in [0.2, 0.25) is 0 Å². The summed E-state index contributed by atoms with van der Waals surface area (Å²) in [6, 6.07) is 0.684. The summed E-state index contributed by atoms with van der Waals surface area (Å²) in [4.78, 5) is 2.50. The van der Waals surface area contributed by atoms with Gasteiger partial charge in [-0.3, -0.25) is 0 Å². The SMILES string of the molecule is CNC(C)CCC1CCCCN(C)C1. The van der Waals surface area contributed by atoms with Crippen molar-refractivity contribution in [3.63, 3.8) is 0 Å². The summed E-state index contributed by atoms with van der Waals surface area (Å²) in [5, 5.41) is 3.32. The fraction of sp³-hybridized carbons (Fsp3) is 1.00. The van der Waals surface area contributed by atoms with Crippen LogP contribution in [0.25, 0.3) is 0 Å². The maximum Gasteiger partial charge on any atom is 0.00358 e.